The molecule has 4 heteroatoms. The van der Waals surface area contributed by atoms with E-state index in [1.54, 1.807) is 14.2 Å². The lowest BCUT2D eigenvalue weighted by Gasteiger charge is -2.36. The Balaban J connectivity index is 2.67. The van der Waals surface area contributed by atoms with Crippen molar-refractivity contribution in [2.45, 2.75) is 52.6 Å². The summed E-state index contributed by atoms with van der Waals surface area (Å²) in [6, 6.07) is 1.05. The molecule has 0 aromatic carbocycles. The highest BCUT2D eigenvalue weighted by Crippen LogP contribution is 2.41. The van der Waals surface area contributed by atoms with Gasteiger partial charge in [-0.15, -0.1) is 0 Å². The van der Waals surface area contributed by atoms with Gasteiger partial charge in [-0.05, 0) is 37.6 Å². The Morgan fingerprint density at radius 2 is 2.00 bits per heavy atom. The van der Waals surface area contributed by atoms with Crippen LogP contribution >= 0.6 is 0 Å². The molecule has 1 fully saturated rings. The lowest BCUT2D eigenvalue weighted by atomic mass is 9.84. The zero-order valence-corrected chi connectivity index (χ0v) is 14.9. The maximum atomic E-state index is 5.35. The molecule has 0 amide bonds. The molecule has 4 nitrogen and oxygen atoms in total. The van der Waals surface area contributed by atoms with Gasteiger partial charge in [0, 0.05) is 39.4 Å². The zero-order valence-electron chi connectivity index (χ0n) is 14.9. The average molecular weight is 300 g/mol. The minimum absolute atomic E-state index is 0.401. The van der Waals surface area contributed by atoms with Crippen molar-refractivity contribution in [3.63, 3.8) is 0 Å². The van der Waals surface area contributed by atoms with Crippen molar-refractivity contribution in [2.75, 3.05) is 47.1 Å². The molecular formula is C17H36N2O2. The van der Waals surface area contributed by atoms with Crippen molar-refractivity contribution in [2.24, 2.45) is 11.3 Å². The number of nitrogens with zero attached hydrogens (tertiary/aromatic N) is 1. The highest BCUT2D eigenvalue weighted by Gasteiger charge is 2.42. The van der Waals surface area contributed by atoms with E-state index in [0.29, 0.717) is 17.5 Å². The SMILES string of the molecule is CCNC1C(CN(CCOC)C(C)COC)CCC1(C)C. The van der Waals surface area contributed by atoms with Gasteiger partial charge >= 0.3 is 0 Å². The summed E-state index contributed by atoms with van der Waals surface area (Å²) in [4.78, 5) is 2.53. The van der Waals surface area contributed by atoms with Crippen LogP contribution in [0.1, 0.15) is 40.5 Å². The maximum Gasteiger partial charge on any atom is 0.0615 e. The molecule has 1 N–H and O–H groups in total. The molecule has 0 aromatic rings. The van der Waals surface area contributed by atoms with E-state index in [0.717, 1.165) is 38.8 Å². The molecule has 1 aliphatic carbocycles. The molecule has 21 heavy (non-hydrogen) atoms. The summed E-state index contributed by atoms with van der Waals surface area (Å²) in [7, 11) is 3.56. The van der Waals surface area contributed by atoms with Gasteiger partial charge in [0.05, 0.1) is 13.2 Å². The first-order valence-corrected chi connectivity index (χ1v) is 8.41. The van der Waals surface area contributed by atoms with E-state index in [4.69, 9.17) is 9.47 Å². The quantitative estimate of drug-likeness (QED) is 0.672. The highest BCUT2D eigenvalue weighted by atomic mass is 16.5. The van der Waals surface area contributed by atoms with Gasteiger partial charge in [0.25, 0.3) is 0 Å². The topological polar surface area (TPSA) is 33.7 Å². The molecule has 0 saturated heterocycles. The van der Waals surface area contributed by atoms with E-state index in [9.17, 15) is 0 Å². The van der Waals surface area contributed by atoms with Crippen LogP contribution in [0, 0.1) is 11.3 Å². The van der Waals surface area contributed by atoms with Crippen LogP contribution in [0.5, 0.6) is 0 Å². The van der Waals surface area contributed by atoms with Crippen LogP contribution in [0.2, 0.25) is 0 Å². The van der Waals surface area contributed by atoms with Crippen molar-refractivity contribution < 1.29 is 9.47 Å². The first kappa shape index (κ1) is 18.9. The van der Waals surface area contributed by atoms with E-state index < -0.39 is 0 Å². The molecule has 0 aromatic heterocycles. The first-order chi connectivity index (χ1) is 9.96. The van der Waals surface area contributed by atoms with Gasteiger partial charge in [0.1, 0.15) is 0 Å². The monoisotopic (exact) mass is 300 g/mol. The van der Waals surface area contributed by atoms with Crippen molar-refractivity contribution in [3.8, 4) is 0 Å². The number of methoxy groups -OCH3 is 2. The number of hydrogen-bond acceptors (Lipinski definition) is 4. The van der Waals surface area contributed by atoms with Gasteiger partial charge in [-0.3, -0.25) is 4.90 Å². The van der Waals surface area contributed by atoms with Crippen molar-refractivity contribution in [1.82, 2.24) is 10.2 Å². The van der Waals surface area contributed by atoms with E-state index in [-0.39, 0.29) is 0 Å². The molecule has 3 unspecified atom stereocenters. The fraction of sp³-hybridized carbons (Fsp3) is 1.00. The highest BCUT2D eigenvalue weighted by molar-refractivity contribution is 4.97. The minimum atomic E-state index is 0.401. The van der Waals surface area contributed by atoms with Gasteiger partial charge in [-0.2, -0.15) is 0 Å². The summed E-state index contributed by atoms with van der Waals surface area (Å²) >= 11 is 0. The van der Waals surface area contributed by atoms with Gasteiger partial charge in [-0.25, -0.2) is 0 Å². The fourth-order valence-corrected chi connectivity index (χ4v) is 3.73. The minimum Gasteiger partial charge on any atom is -0.383 e. The van der Waals surface area contributed by atoms with Gasteiger partial charge < -0.3 is 14.8 Å². The second-order valence-electron chi connectivity index (χ2n) is 7.11. The standard InChI is InChI=1S/C17H36N2O2/c1-7-18-16-15(8-9-17(16,3)4)12-19(10-11-20-5)14(2)13-21-6/h14-16,18H,7-13H2,1-6H3. The van der Waals surface area contributed by atoms with Crippen LogP contribution < -0.4 is 5.32 Å². The molecule has 0 aliphatic heterocycles. The average Bonchev–Trinajstić information content (AvgIpc) is 2.71. The second kappa shape index (κ2) is 9.09. The van der Waals surface area contributed by atoms with Crippen LogP contribution in [0.4, 0.5) is 0 Å². The van der Waals surface area contributed by atoms with Crippen LogP contribution in [0.25, 0.3) is 0 Å². The Hall–Kier alpha value is -0.160. The number of hydrogen-bond donors (Lipinski definition) is 1. The summed E-state index contributed by atoms with van der Waals surface area (Å²) in [6.07, 6.45) is 2.62. The van der Waals surface area contributed by atoms with E-state index in [2.05, 4.69) is 37.9 Å². The normalized spacial score (nSPS) is 26.4. The number of rotatable bonds is 10. The summed E-state index contributed by atoms with van der Waals surface area (Å²) in [5, 5.41) is 3.73. The van der Waals surface area contributed by atoms with Crippen molar-refractivity contribution in [3.05, 3.63) is 0 Å². The summed E-state index contributed by atoms with van der Waals surface area (Å²) in [6.45, 7) is 14.0. The van der Waals surface area contributed by atoms with Crippen LogP contribution in [0.15, 0.2) is 0 Å². The molecule has 0 heterocycles. The predicted molar refractivity (Wildman–Crippen MR) is 88.8 cm³/mol. The van der Waals surface area contributed by atoms with Crippen LogP contribution in [-0.4, -0.2) is 64.1 Å². The largest absolute Gasteiger partial charge is 0.383 e. The lowest BCUT2D eigenvalue weighted by molar-refractivity contribution is 0.0598. The Labute approximate surface area is 131 Å². The molecule has 1 aliphatic rings. The maximum absolute atomic E-state index is 5.35. The Bertz CT molecular complexity index is 284. The van der Waals surface area contributed by atoms with Crippen molar-refractivity contribution in [1.29, 1.82) is 0 Å². The van der Waals surface area contributed by atoms with Gasteiger partial charge in [0.15, 0.2) is 0 Å². The van der Waals surface area contributed by atoms with Gasteiger partial charge in [-0.1, -0.05) is 20.8 Å². The zero-order chi connectivity index (χ0) is 15.9. The summed E-state index contributed by atoms with van der Waals surface area (Å²) < 4.78 is 10.6. The summed E-state index contributed by atoms with van der Waals surface area (Å²) in [5.74, 6) is 0.719. The van der Waals surface area contributed by atoms with Crippen LogP contribution in [0.3, 0.4) is 0 Å². The summed E-state index contributed by atoms with van der Waals surface area (Å²) in [5.41, 5.74) is 0.401. The number of nitrogens with one attached hydrogen (secondary N) is 1. The van der Waals surface area contributed by atoms with Crippen molar-refractivity contribution >= 4 is 0 Å². The van der Waals surface area contributed by atoms with E-state index >= 15 is 0 Å². The second-order valence-corrected chi connectivity index (χ2v) is 7.11. The lowest BCUT2D eigenvalue weighted by Crippen LogP contribution is -2.48. The molecule has 1 rings (SSSR count). The van der Waals surface area contributed by atoms with E-state index in [1.165, 1.54) is 12.8 Å². The molecule has 0 spiro atoms. The molecule has 1 saturated carbocycles. The Morgan fingerprint density at radius 3 is 2.57 bits per heavy atom. The Morgan fingerprint density at radius 1 is 1.29 bits per heavy atom. The van der Waals surface area contributed by atoms with Gasteiger partial charge in [0.2, 0.25) is 0 Å². The predicted octanol–water partition coefficient (Wildman–Crippen LogP) is 2.38. The van der Waals surface area contributed by atoms with E-state index in [1.807, 2.05) is 0 Å². The number of ether oxygens (including phenoxy) is 2. The fourth-order valence-electron chi connectivity index (χ4n) is 3.73. The molecule has 3 atom stereocenters. The van der Waals surface area contributed by atoms with Crippen LogP contribution in [-0.2, 0) is 9.47 Å². The smallest absolute Gasteiger partial charge is 0.0615 e. The Kier molecular flexibility index (Phi) is 8.17. The molecule has 126 valence electrons. The molecule has 0 bridgehead atoms. The first-order valence-electron chi connectivity index (χ1n) is 8.41. The molecule has 0 radical (unpaired) electrons. The third-order valence-electron chi connectivity index (χ3n) is 4.98. The third-order valence-corrected chi connectivity index (χ3v) is 4.98. The third kappa shape index (κ3) is 5.51. The molecular weight excluding hydrogens is 264 g/mol.